The third-order valence-electron chi connectivity index (χ3n) is 12.4. The van der Waals surface area contributed by atoms with Gasteiger partial charge in [0.25, 0.3) is 0 Å². The fourth-order valence-corrected chi connectivity index (χ4v) is 8.02. The van der Waals surface area contributed by atoms with Crippen LogP contribution in [0.5, 0.6) is 0 Å². The van der Waals surface area contributed by atoms with E-state index in [0.717, 1.165) is 77.0 Å². The Kier molecular flexibility index (Phi) is 45.8. The number of aliphatic carboxylic acids is 1. The van der Waals surface area contributed by atoms with Crippen LogP contribution in [0.15, 0.2) is 109 Å². The Morgan fingerprint density at radius 1 is 0.467 bits per heavy atom. The predicted octanol–water partition coefficient (Wildman–Crippen LogP) is 14.7. The van der Waals surface area contributed by atoms with Crippen LogP contribution in [0.1, 0.15) is 213 Å². The van der Waals surface area contributed by atoms with Crippen molar-refractivity contribution in [2.45, 2.75) is 250 Å². The number of hydrogen-bond donors (Lipinski definition) is 3. The van der Waals surface area contributed by atoms with Crippen LogP contribution in [0.3, 0.4) is 0 Å². The Balaban J connectivity index is 2.78. The number of aliphatic hydroxyl groups is 2. The normalized spacial score (nSPS) is 19.0. The van der Waals surface area contributed by atoms with Gasteiger partial charge >= 0.3 is 23.9 Å². The third kappa shape index (κ3) is 40.3. The van der Waals surface area contributed by atoms with Crippen LogP contribution >= 0.6 is 0 Å². The molecule has 3 N–H and O–H groups in total. The second-order valence-electron chi connectivity index (χ2n) is 19.2. The monoisotopic (exact) mass is 1050 g/mol. The van der Waals surface area contributed by atoms with Crippen LogP contribution in [0.25, 0.3) is 0 Å². The lowest BCUT2D eigenvalue weighted by Gasteiger charge is -2.40. The van der Waals surface area contributed by atoms with Crippen molar-refractivity contribution in [2.75, 3.05) is 13.2 Å². The SMILES string of the molecule is CC/C=C\C/C=C\C/C=C\C/C=C\C/C=C\CC(=O)OCC(COC1OC(C(=O)O)C(O)C(O)C1OC(=O)CCCC/C=C\C/C=C\C/C=C\C/C=C\CC)OC(=O)CCCCCCCCCCCCCCCCC. The molecule has 0 aromatic rings. The number of esters is 3. The molecule has 0 aromatic carbocycles. The summed E-state index contributed by atoms with van der Waals surface area (Å²) < 4.78 is 28.2. The zero-order valence-electron chi connectivity index (χ0n) is 46.5. The molecule has 12 nitrogen and oxygen atoms in total. The number of carboxylic acids is 1. The lowest BCUT2D eigenvalue weighted by atomic mass is 9.98. The maximum absolute atomic E-state index is 13.1. The molecular weight excluding hydrogens is 949 g/mol. The van der Waals surface area contributed by atoms with Gasteiger partial charge in [-0.15, -0.1) is 0 Å². The van der Waals surface area contributed by atoms with Crippen molar-refractivity contribution >= 4 is 23.9 Å². The van der Waals surface area contributed by atoms with Gasteiger partial charge in [-0.3, -0.25) is 14.4 Å². The first-order valence-corrected chi connectivity index (χ1v) is 28.9. The van der Waals surface area contributed by atoms with Gasteiger partial charge in [-0.05, 0) is 83.5 Å². The van der Waals surface area contributed by atoms with E-state index in [9.17, 15) is 34.5 Å². The zero-order valence-corrected chi connectivity index (χ0v) is 46.5. The summed E-state index contributed by atoms with van der Waals surface area (Å²) in [6, 6.07) is 0. The molecule has 0 radical (unpaired) electrons. The molecule has 0 bridgehead atoms. The average Bonchev–Trinajstić information content (AvgIpc) is 3.39. The first-order chi connectivity index (χ1) is 36.6. The van der Waals surface area contributed by atoms with Gasteiger partial charge in [0.2, 0.25) is 0 Å². The first kappa shape index (κ1) is 68.4. The second kappa shape index (κ2) is 50.2. The van der Waals surface area contributed by atoms with E-state index in [0.29, 0.717) is 25.7 Å². The van der Waals surface area contributed by atoms with E-state index in [1.807, 2.05) is 12.2 Å². The van der Waals surface area contributed by atoms with Crippen molar-refractivity contribution in [3.05, 3.63) is 109 Å². The van der Waals surface area contributed by atoms with E-state index in [1.54, 1.807) is 6.08 Å². The van der Waals surface area contributed by atoms with Gasteiger partial charge < -0.3 is 39.0 Å². The molecule has 0 spiro atoms. The molecule has 0 aromatic heterocycles. The van der Waals surface area contributed by atoms with Gasteiger partial charge in [0.1, 0.15) is 18.8 Å². The highest BCUT2D eigenvalue weighted by molar-refractivity contribution is 5.74. The van der Waals surface area contributed by atoms with E-state index in [4.69, 9.17) is 23.7 Å². The smallest absolute Gasteiger partial charge is 0.335 e. The first-order valence-electron chi connectivity index (χ1n) is 28.9. The Hall–Kier alpha value is -4.62. The molecule has 1 saturated heterocycles. The fraction of sp³-hybridized carbons (Fsp3) is 0.651. The van der Waals surface area contributed by atoms with E-state index in [1.165, 1.54) is 70.6 Å². The van der Waals surface area contributed by atoms with Crippen molar-refractivity contribution in [2.24, 2.45) is 0 Å². The number of aliphatic hydroxyl groups excluding tert-OH is 2. The summed E-state index contributed by atoms with van der Waals surface area (Å²) in [5.74, 6) is -3.35. The van der Waals surface area contributed by atoms with Gasteiger partial charge in [-0.25, -0.2) is 4.79 Å². The Morgan fingerprint density at radius 3 is 1.35 bits per heavy atom. The maximum Gasteiger partial charge on any atom is 0.335 e. The lowest BCUT2D eigenvalue weighted by molar-refractivity contribution is -0.301. The minimum atomic E-state index is -1.93. The second-order valence-corrected chi connectivity index (χ2v) is 19.2. The van der Waals surface area contributed by atoms with Crippen LogP contribution in [-0.2, 0) is 42.9 Å². The summed E-state index contributed by atoms with van der Waals surface area (Å²) in [6.45, 7) is 5.65. The summed E-state index contributed by atoms with van der Waals surface area (Å²) in [4.78, 5) is 51.0. The summed E-state index contributed by atoms with van der Waals surface area (Å²) in [5.41, 5.74) is 0. The van der Waals surface area contributed by atoms with Crippen molar-refractivity contribution < 1.29 is 58.2 Å². The predicted molar refractivity (Wildman–Crippen MR) is 303 cm³/mol. The summed E-state index contributed by atoms with van der Waals surface area (Å²) >= 11 is 0. The van der Waals surface area contributed by atoms with Gasteiger partial charge in [-0.2, -0.15) is 0 Å². The number of carbonyl (C=O) groups excluding carboxylic acids is 3. The minimum absolute atomic E-state index is 0.00466. The number of allylic oxidation sites excluding steroid dienone is 17. The lowest BCUT2D eigenvalue weighted by Crippen LogP contribution is -2.61. The van der Waals surface area contributed by atoms with Crippen LogP contribution in [0.4, 0.5) is 0 Å². The van der Waals surface area contributed by atoms with Crippen LogP contribution in [0, 0.1) is 0 Å². The maximum atomic E-state index is 13.1. The van der Waals surface area contributed by atoms with Crippen LogP contribution in [-0.4, -0.2) is 89.2 Å². The molecule has 12 heteroatoms. The number of rotatable bonds is 47. The number of unbranched alkanes of at least 4 members (excludes halogenated alkanes) is 16. The number of hydrogen-bond acceptors (Lipinski definition) is 11. The van der Waals surface area contributed by atoms with Crippen LogP contribution in [0.2, 0.25) is 0 Å². The van der Waals surface area contributed by atoms with Crippen molar-refractivity contribution in [3.8, 4) is 0 Å². The quantitative estimate of drug-likeness (QED) is 0.0228. The Morgan fingerprint density at radius 2 is 0.880 bits per heavy atom. The molecule has 1 aliphatic heterocycles. The molecule has 1 aliphatic rings. The van der Waals surface area contributed by atoms with Gasteiger partial charge in [-0.1, -0.05) is 220 Å². The standard InChI is InChI=1S/C63H100O12/c1-4-7-10-13-16-19-22-25-28-31-34-37-40-43-46-49-55(64)71-52-54(73-56(65)50-47-44-41-38-35-32-29-26-23-20-17-14-11-8-5-2)53-72-63-61(59(68)58(67)60(75-63)62(69)70)74-57(66)51-48-45-42-39-36-33-30-27-24-21-18-15-12-9-6-3/h7,9-10,12,16,18-19,21,25,27-28,30,34,36-37,39,43,46,54,58-61,63,67-68H,4-6,8,11,13-15,17,20,22-24,26,29,31-33,35,38,40-42,44-45,47-53H2,1-3H3,(H,69,70)/b10-7-,12-9-,19-16-,21-18-,28-25-,30-27-,37-34-,39-36-,46-43-. The molecule has 1 heterocycles. The summed E-state index contributed by atoms with van der Waals surface area (Å²) in [7, 11) is 0. The molecule has 1 fully saturated rings. The third-order valence-corrected chi connectivity index (χ3v) is 12.4. The topological polar surface area (TPSA) is 175 Å². The molecule has 0 aliphatic carbocycles. The number of ether oxygens (including phenoxy) is 5. The summed E-state index contributed by atoms with van der Waals surface area (Å²) in [6.07, 6.45) is 55.2. The Bertz CT molecular complexity index is 1720. The van der Waals surface area contributed by atoms with Gasteiger partial charge in [0.05, 0.1) is 13.0 Å². The van der Waals surface area contributed by atoms with Crippen molar-refractivity contribution in [1.29, 1.82) is 0 Å². The van der Waals surface area contributed by atoms with E-state index in [-0.39, 0.29) is 25.9 Å². The van der Waals surface area contributed by atoms with Crippen molar-refractivity contribution in [3.63, 3.8) is 0 Å². The largest absolute Gasteiger partial charge is 0.479 e. The van der Waals surface area contributed by atoms with E-state index >= 15 is 0 Å². The zero-order chi connectivity index (χ0) is 54.7. The molecule has 75 heavy (non-hydrogen) atoms. The molecular formula is C63H100O12. The van der Waals surface area contributed by atoms with Gasteiger partial charge in [0.15, 0.2) is 24.6 Å². The highest BCUT2D eigenvalue weighted by Gasteiger charge is 2.50. The summed E-state index contributed by atoms with van der Waals surface area (Å²) in [5, 5.41) is 31.4. The molecule has 1 rings (SSSR count). The van der Waals surface area contributed by atoms with Gasteiger partial charge in [0, 0.05) is 12.8 Å². The number of carboxylic acid groups (broad SMARTS) is 1. The average molecular weight is 1050 g/mol. The molecule has 424 valence electrons. The molecule has 0 saturated carbocycles. The van der Waals surface area contributed by atoms with E-state index < -0.39 is 67.3 Å². The van der Waals surface area contributed by atoms with Crippen molar-refractivity contribution in [1.82, 2.24) is 0 Å². The highest BCUT2D eigenvalue weighted by Crippen LogP contribution is 2.26. The minimum Gasteiger partial charge on any atom is -0.479 e. The van der Waals surface area contributed by atoms with Crippen LogP contribution < -0.4 is 0 Å². The van der Waals surface area contributed by atoms with E-state index in [2.05, 4.69) is 112 Å². The molecule has 0 amide bonds. The fourth-order valence-electron chi connectivity index (χ4n) is 8.02. The molecule has 6 unspecified atom stereocenters. The molecule has 6 atom stereocenters. The Labute approximate surface area is 453 Å². The number of carbonyl (C=O) groups is 4. The highest BCUT2D eigenvalue weighted by atomic mass is 16.7.